The lowest BCUT2D eigenvalue weighted by Crippen LogP contribution is -2.19. The molecule has 12 heteroatoms. The van der Waals surface area contributed by atoms with E-state index in [1.165, 1.54) is 37.6 Å². The van der Waals surface area contributed by atoms with Crippen LogP contribution in [0.25, 0.3) is 22.5 Å². The lowest BCUT2D eigenvalue weighted by molar-refractivity contribution is 0.111. The fraction of sp³-hybridized carbons (Fsp3) is 0.115. The maximum absolute atomic E-state index is 12.9. The summed E-state index contributed by atoms with van der Waals surface area (Å²) in [6.07, 6.45) is 3.05. The van der Waals surface area contributed by atoms with Crippen molar-refractivity contribution in [2.24, 2.45) is 0 Å². The number of methoxy groups -OCH3 is 1. The van der Waals surface area contributed by atoms with Gasteiger partial charge in [0.05, 0.1) is 23.4 Å². The molecule has 1 N–H and O–H groups in total. The molecule has 1 aromatic heterocycles. The zero-order chi connectivity index (χ0) is 27.5. The molecule has 0 saturated heterocycles. The predicted molar refractivity (Wildman–Crippen MR) is 140 cm³/mol. The minimum Gasteiger partial charge on any atom is -0.479 e. The second-order valence-electron chi connectivity index (χ2n) is 8.21. The van der Waals surface area contributed by atoms with E-state index in [-0.39, 0.29) is 33.5 Å². The number of sulfone groups is 1. The van der Waals surface area contributed by atoms with E-state index in [1.54, 1.807) is 39.6 Å². The first kappa shape index (κ1) is 26.6. The van der Waals surface area contributed by atoms with Crippen LogP contribution in [0.4, 0.5) is 0 Å². The van der Waals surface area contributed by atoms with Crippen molar-refractivity contribution < 1.29 is 26.4 Å². The van der Waals surface area contributed by atoms with E-state index in [2.05, 4.69) is 4.98 Å². The molecule has 0 bridgehead atoms. The zero-order valence-electron chi connectivity index (χ0n) is 20.3. The molecule has 10 nitrogen and oxygen atoms in total. The number of nitrogens with zero attached hydrogens (tertiary/aromatic N) is 3. The van der Waals surface area contributed by atoms with Crippen LogP contribution in [0.15, 0.2) is 82.6 Å². The number of imidazole rings is 1. The molecule has 4 aromatic rings. The first-order chi connectivity index (χ1) is 18.1. The molecule has 0 atom stereocenters. The Balaban J connectivity index is 1.90. The van der Waals surface area contributed by atoms with Crippen molar-refractivity contribution in [3.63, 3.8) is 0 Å². The second-order valence-corrected chi connectivity index (χ2v) is 11.8. The average Bonchev–Trinajstić information content (AvgIpc) is 3.26. The Labute approximate surface area is 220 Å². The van der Waals surface area contributed by atoms with Gasteiger partial charge in [-0.05, 0) is 23.3 Å². The Morgan fingerprint density at radius 3 is 2.29 bits per heavy atom. The Morgan fingerprint density at radius 2 is 1.66 bits per heavy atom. The molecule has 0 fully saturated rings. The number of ether oxygens (including phenoxy) is 1. The summed E-state index contributed by atoms with van der Waals surface area (Å²) < 4.78 is 59.6. The van der Waals surface area contributed by atoms with E-state index < -0.39 is 19.9 Å². The van der Waals surface area contributed by atoms with Gasteiger partial charge in [0.15, 0.2) is 22.3 Å². The van der Waals surface area contributed by atoms with Crippen LogP contribution in [0.3, 0.4) is 0 Å². The third-order valence-electron chi connectivity index (χ3n) is 5.77. The quantitative estimate of drug-likeness (QED) is 0.190. The van der Waals surface area contributed by atoms with Crippen molar-refractivity contribution in [3.05, 3.63) is 84.1 Å². The smallest absolute Gasteiger partial charge is 0.270 e. The van der Waals surface area contributed by atoms with E-state index >= 15 is 0 Å². The van der Waals surface area contributed by atoms with Gasteiger partial charge in [0.1, 0.15) is 11.5 Å². The topological polar surface area (TPSA) is 148 Å². The molecule has 0 unspecified atom stereocenters. The fourth-order valence-electron chi connectivity index (χ4n) is 4.10. The molecule has 0 radical (unpaired) electrons. The van der Waals surface area contributed by atoms with Gasteiger partial charge in [-0.25, -0.2) is 21.6 Å². The van der Waals surface area contributed by atoms with Gasteiger partial charge in [-0.3, -0.25) is 4.79 Å². The Hall–Kier alpha value is -4.47. The summed E-state index contributed by atoms with van der Waals surface area (Å²) in [7, 11) is -6.59. The fourth-order valence-corrected chi connectivity index (χ4v) is 6.01. The molecule has 4 rings (SSSR count). The maximum Gasteiger partial charge on any atom is 0.270 e. The Bertz CT molecular complexity index is 1770. The summed E-state index contributed by atoms with van der Waals surface area (Å²) in [6, 6.07) is 19.5. The number of nitrogens with one attached hydrogen (secondary N) is 1. The van der Waals surface area contributed by atoms with Crippen LogP contribution in [0.5, 0.6) is 5.88 Å². The van der Waals surface area contributed by atoms with E-state index in [4.69, 9.17) is 10.00 Å². The van der Waals surface area contributed by atoms with Crippen molar-refractivity contribution >= 4 is 26.1 Å². The molecule has 3 aromatic carbocycles. The van der Waals surface area contributed by atoms with Gasteiger partial charge in [0.25, 0.3) is 10.0 Å². The summed E-state index contributed by atoms with van der Waals surface area (Å²) in [5.41, 5.74) is 1.71. The molecule has 0 amide bonds. The first-order valence-electron chi connectivity index (χ1n) is 11.1. The SMILES string of the molecule is COc1nc(-c2ccccc2)n(Cc2ccc(-c3ccccc3S(=O)(=O)NC#N)cc2S(C)(=O)=O)c1C=O. The number of rotatable bonds is 9. The third kappa shape index (κ3) is 5.15. The lowest BCUT2D eigenvalue weighted by atomic mass is 10.0. The zero-order valence-corrected chi connectivity index (χ0v) is 22.0. The highest BCUT2D eigenvalue weighted by Gasteiger charge is 2.24. The summed E-state index contributed by atoms with van der Waals surface area (Å²) >= 11 is 0. The second kappa shape index (κ2) is 10.5. The molecule has 38 heavy (non-hydrogen) atoms. The van der Waals surface area contributed by atoms with Crippen LogP contribution >= 0.6 is 0 Å². The highest BCUT2D eigenvalue weighted by Crippen LogP contribution is 2.33. The van der Waals surface area contributed by atoms with E-state index in [0.717, 1.165) is 6.26 Å². The molecule has 0 aliphatic heterocycles. The van der Waals surface area contributed by atoms with Crippen LogP contribution in [0.2, 0.25) is 0 Å². The standard InChI is InChI=1S/C26H22N4O6S2/c1-36-26-22(16-31)30(25(29-26)18-8-4-3-5-9-18)15-20-13-12-19(14-24(20)37(2,32)33)21-10-6-7-11-23(21)38(34,35)28-17-27/h3-14,16,28H,15H2,1-2H3. The highest BCUT2D eigenvalue weighted by atomic mass is 32.2. The van der Waals surface area contributed by atoms with Gasteiger partial charge in [-0.15, -0.1) is 0 Å². The van der Waals surface area contributed by atoms with Crippen molar-refractivity contribution in [3.8, 4) is 34.6 Å². The molecular formula is C26H22N4O6S2. The molecule has 194 valence electrons. The number of benzene rings is 3. The average molecular weight is 551 g/mol. The van der Waals surface area contributed by atoms with Gasteiger partial charge < -0.3 is 9.30 Å². The largest absolute Gasteiger partial charge is 0.479 e. The monoisotopic (exact) mass is 550 g/mol. The number of hydrogen-bond acceptors (Lipinski definition) is 8. The van der Waals surface area contributed by atoms with Gasteiger partial charge in [-0.1, -0.05) is 60.7 Å². The van der Waals surface area contributed by atoms with E-state index in [9.17, 15) is 21.6 Å². The first-order valence-corrected chi connectivity index (χ1v) is 14.5. The van der Waals surface area contributed by atoms with Crippen LogP contribution in [-0.2, 0) is 26.4 Å². The summed E-state index contributed by atoms with van der Waals surface area (Å²) in [5.74, 6) is 0.507. The summed E-state index contributed by atoms with van der Waals surface area (Å²) in [4.78, 5) is 16.2. The molecule has 0 spiro atoms. The Morgan fingerprint density at radius 1 is 0.974 bits per heavy atom. The minimum atomic E-state index is -4.17. The normalized spacial score (nSPS) is 11.5. The molecule has 0 saturated carbocycles. The Kier molecular flexibility index (Phi) is 7.34. The van der Waals surface area contributed by atoms with Crippen molar-refractivity contribution in [2.45, 2.75) is 16.3 Å². The third-order valence-corrected chi connectivity index (χ3v) is 8.25. The highest BCUT2D eigenvalue weighted by molar-refractivity contribution is 7.90. The van der Waals surface area contributed by atoms with E-state index in [0.29, 0.717) is 28.8 Å². The van der Waals surface area contributed by atoms with Crippen LogP contribution < -0.4 is 9.46 Å². The van der Waals surface area contributed by atoms with Crippen molar-refractivity contribution in [2.75, 3.05) is 13.4 Å². The molecular weight excluding hydrogens is 528 g/mol. The van der Waals surface area contributed by atoms with Gasteiger partial charge in [-0.2, -0.15) is 10.2 Å². The summed E-state index contributed by atoms with van der Waals surface area (Å²) in [6.45, 7) is -0.0344. The number of sulfonamides is 1. The van der Waals surface area contributed by atoms with Crippen LogP contribution in [0.1, 0.15) is 16.1 Å². The lowest BCUT2D eigenvalue weighted by Gasteiger charge is -2.15. The molecule has 1 heterocycles. The number of aromatic nitrogens is 2. The number of carbonyl (C=O) groups excluding carboxylic acids is 1. The van der Waals surface area contributed by atoms with Crippen molar-refractivity contribution in [1.82, 2.24) is 14.3 Å². The van der Waals surface area contributed by atoms with Crippen LogP contribution in [-0.4, -0.2) is 46.0 Å². The van der Waals surface area contributed by atoms with Gasteiger partial charge >= 0.3 is 0 Å². The number of hydrogen-bond donors (Lipinski definition) is 1. The van der Waals surface area contributed by atoms with Gasteiger partial charge in [0.2, 0.25) is 5.88 Å². The number of aldehydes is 1. The minimum absolute atomic E-state index is 0.0344. The maximum atomic E-state index is 12.9. The van der Waals surface area contributed by atoms with Gasteiger partial charge in [0, 0.05) is 17.4 Å². The predicted octanol–water partition coefficient (Wildman–Crippen LogP) is 3.25. The summed E-state index contributed by atoms with van der Waals surface area (Å²) in [5, 5.41) is 8.86. The number of carbonyl (C=O) groups is 1. The van der Waals surface area contributed by atoms with Crippen LogP contribution in [0, 0.1) is 11.5 Å². The number of nitriles is 1. The van der Waals surface area contributed by atoms with Crippen molar-refractivity contribution in [1.29, 1.82) is 5.26 Å². The van der Waals surface area contributed by atoms with E-state index in [1.807, 2.05) is 18.2 Å². The molecule has 0 aliphatic carbocycles. The molecule has 0 aliphatic rings.